The highest BCUT2D eigenvalue weighted by Gasteiger charge is 2.28. The third kappa shape index (κ3) is 6.15. The summed E-state index contributed by atoms with van der Waals surface area (Å²) in [6.45, 7) is 10.6. The maximum Gasteiger partial charge on any atom is 0.317 e. The Morgan fingerprint density at radius 1 is 1.22 bits per heavy atom. The van der Waals surface area contributed by atoms with Gasteiger partial charge in [-0.1, -0.05) is 39.8 Å². The summed E-state index contributed by atoms with van der Waals surface area (Å²) in [6, 6.07) is 7.90. The van der Waals surface area contributed by atoms with Gasteiger partial charge in [0.25, 0.3) is 0 Å². The van der Waals surface area contributed by atoms with E-state index < -0.39 is 5.97 Å². The van der Waals surface area contributed by atoms with Crippen LogP contribution in [0.25, 0.3) is 0 Å². The number of nitrogens with zero attached hydrogens (tertiary/aromatic N) is 1. The number of piperidine rings is 1. The molecular formula is C21H32N2O4. The second-order valence-electron chi connectivity index (χ2n) is 8.37. The van der Waals surface area contributed by atoms with Gasteiger partial charge in [0.2, 0.25) is 0 Å². The largest absolute Gasteiger partial charge is 0.493 e. The Bertz CT molecular complexity index is 632. The van der Waals surface area contributed by atoms with Crippen LogP contribution < -0.4 is 10.1 Å². The molecule has 0 radical (unpaired) electrons. The van der Waals surface area contributed by atoms with Crippen LogP contribution in [0.4, 0.5) is 4.79 Å². The van der Waals surface area contributed by atoms with Gasteiger partial charge < -0.3 is 20.1 Å². The van der Waals surface area contributed by atoms with Crippen molar-refractivity contribution in [2.75, 3.05) is 26.2 Å². The van der Waals surface area contributed by atoms with Crippen LogP contribution in [-0.2, 0) is 10.2 Å². The molecule has 6 heteroatoms. The third-order valence-corrected chi connectivity index (χ3v) is 5.03. The number of likely N-dealkylation sites (tertiary alicyclic amines) is 1. The number of carbonyl (C=O) groups excluding carboxylic acids is 1. The summed E-state index contributed by atoms with van der Waals surface area (Å²) < 4.78 is 5.72. The Hall–Kier alpha value is -2.24. The van der Waals surface area contributed by atoms with Crippen molar-refractivity contribution >= 4 is 12.0 Å². The molecule has 0 aliphatic carbocycles. The van der Waals surface area contributed by atoms with Gasteiger partial charge in [-0.25, -0.2) is 4.79 Å². The molecule has 6 nitrogen and oxygen atoms in total. The van der Waals surface area contributed by atoms with Crippen LogP contribution in [0.5, 0.6) is 5.75 Å². The van der Waals surface area contributed by atoms with Gasteiger partial charge in [-0.05, 0) is 36.5 Å². The number of carboxylic acids is 1. The number of urea groups is 1. The van der Waals surface area contributed by atoms with Crippen LogP contribution in [0.2, 0.25) is 0 Å². The zero-order valence-corrected chi connectivity index (χ0v) is 16.8. The van der Waals surface area contributed by atoms with Crippen molar-refractivity contribution in [1.29, 1.82) is 0 Å². The second kappa shape index (κ2) is 9.11. The standard InChI is InChI=1S/C21H32N2O4/c1-15(2)13-27-18-7-5-17(6-8-18)21(3,4)14-22-20(26)23-11-9-16(10-12-23)19(24)25/h5-8,15-16H,9-14H2,1-4H3,(H,22,26)(H,24,25). The molecule has 2 N–H and O–H groups in total. The molecule has 1 aliphatic heterocycles. The average Bonchev–Trinajstić information content (AvgIpc) is 2.65. The highest BCUT2D eigenvalue weighted by molar-refractivity contribution is 5.75. The van der Waals surface area contributed by atoms with Crippen LogP contribution in [0.15, 0.2) is 24.3 Å². The molecule has 2 amide bonds. The van der Waals surface area contributed by atoms with Crippen molar-refractivity contribution in [1.82, 2.24) is 10.2 Å². The molecule has 0 spiro atoms. The highest BCUT2D eigenvalue weighted by Crippen LogP contribution is 2.25. The summed E-state index contributed by atoms with van der Waals surface area (Å²) >= 11 is 0. The Kier molecular flexibility index (Phi) is 7.11. The number of hydrogen-bond donors (Lipinski definition) is 2. The summed E-state index contributed by atoms with van der Waals surface area (Å²) in [5.74, 6) is 0.240. The molecule has 1 aliphatic rings. The molecule has 1 saturated heterocycles. The highest BCUT2D eigenvalue weighted by atomic mass is 16.5. The van der Waals surface area contributed by atoms with E-state index in [1.807, 2.05) is 24.3 Å². The van der Waals surface area contributed by atoms with Gasteiger partial charge in [0.15, 0.2) is 0 Å². The molecule has 0 aromatic heterocycles. The molecule has 2 rings (SSSR count). The first-order chi connectivity index (χ1) is 12.7. The lowest BCUT2D eigenvalue weighted by Gasteiger charge is -2.32. The maximum absolute atomic E-state index is 12.4. The number of carbonyl (C=O) groups is 2. The minimum atomic E-state index is -0.767. The first-order valence-corrected chi connectivity index (χ1v) is 9.68. The van der Waals surface area contributed by atoms with Crippen molar-refractivity contribution in [3.8, 4) is 5.75 Å². The quantitative estimate of drug-likeness (QED) is 0.763. The van der Waals surface area contributed by atoms with E-state index in [2.05, 4.69) is 33.0 Å². The summed E-state index contributed by atoms with van der Waals surface area (Å²) in [5, 5.41) is 12.0. The number of carboxylic acid groups (broad SMARTS) is 1. The Morgan fingerprint density at radius 2 is 1.81 bits per heavy atom. The molecule has 1 heterocycles. The smallest absolute Gasteiger partial charge is 0.317 e. The monoisotopic (exact) mass is 376 g/mol. The summed E-state index contributed by atoms with van der Waals surface area (Å²) in [6.07, 6.45) is 1.04. The summed E-state index contributed by atoms with van der Waals surface area (Å²) in [7, 11) is 0. The van der Waals surface area contributed by atoms with E-state index in [0.717, 1.165) is 11.3 Å². The van der Waals surface area contributed by atoms with Crippen molar-refractivity contribution in [2.45, 2.75) is 46.0 Å². The van der Waals surface area contributed by atoms with Gasteiger partial charge >= 0.3 is 12.0 Å². The van der Waals surface area contributed by atoms with E-state index in [9.17, 15) is 9.59 Å². The maximum atomic E-state index is 12.4. The Morgan fingerprint density at radius 3 is 2.33 bits per heavy atom. The van der Waals surface area contributed by atoms with Crippen LogP contribution in [0.3, 0.4) is 0 Å². The van der Waals surface area contributed by atoms with Crippen LogP contribution in [0, 0.1) is 11.8 Å². The Balaban J connectivity index is 1.85. The fourth-order valence-corrected chi connectivity index (χ4v) is 3.11. The van der Waals surface area contributed by atoms with Gasteiger partial charge in [-0.3, -0.25) is 4.79 Å². The SMILES string of the molecule is CC(C)COc1ccc(C(C)(C)CNC(=O)N2CCC(C(=O)O)CC2)cc1. The second-order valence-corrected chi connectivity index (χ2v) is 8.37. The molecule has 0 bridgehead atoms. The van der Waals surface area contributed by atoms with E-state index >= 15 is 0 Å². The van der Waals surface area contributed by atoms with Crippen LogP contribution in [-0.4, -0.2) is 48.2 Å². The number of aliphatic carboxylic acids is 1. The lowest BCUT2D eigenvalue weighted by atomic mass is 9.84. The first kappa shape index (κ1) is 21.1. The molecular weight excluding hydrogens is 344 g/mol. The van der Waals surface area contributed by atoms with Crippen molar-refractivity contribution in [3.63, 3.8) is 0 Å². The molecule has 0 unspecified atom stereocenters. The zero-order chi connectivity index (χ0) is 20.0. The number of hydrogen-bond acceptors (Lipinski definition) is 3. The lowest BCUT2D eigenvalue weighted by molar-refractivity contribution is -0.143. The van der Waals surface area contributed by atoms with Gasteiger partial charge in [-0.15, -0.1) is 0 Å². The number of benzene rings is 1. The normalized spacial score (nSPS) is 15.7. The van der Waals surface area contributed by atoms with E-state index in [-0.39, 0.29) is 17.4 Å². The first-order valence-electron chi connectivity index (χ1n) is 9.68. The number of nitrogens with one attached hydrogen (secondary N) is 1. The fraction of sp³-hybridized carbons (Fsp3) is 0.619. The van der Waals surface area contributed by atoms with Gasteiger partial charge in [0.1, 0.15) is 5.75 Å². The van der Waals surface area contributed by atoms with Gasteiger partial charge in [-0.2, -0.15) is 0 Å². The number of amides is 2. The predicted octanol–water partition coefficient (Wildman–Crippen LogP) is 3.51. The van der Waals surface area contributed by atoms with Crippen LogP contribution >= 0.6 is 0 Å². The fourth-order valence-electron chi connectivity index (χ4n) is 3.11. The summed E-state index contributed by atoms with van der Waals surface area (Å²) in [5.41, 5.74) is 0.912. The third-order valence-electron chi connectivity index (χ3n) is 5.03. The molecule has 0 atom stereocenters. The molecule has 1 fully saturated rings. The number of rotatable bonds is 7. The topological polar surface area (TPSA) is 78.9 Å². The minimum absolute atomic E-state index is 0.121. The van der Waals surface area contributed by atoms with E-state index in [1.54, 1.807) is 4.90 Å². The molecule has 0 saturated carbocycles. The average molecular weight is 376 g/mol. The lowest BCUT2D eigenvalue weighted by Crippen LogP contribution is -2.48. The van der Waals surface area contributed by atoms with Gasteiger partial charge in [0, 0.05) is 25.0 Å². The van der Waals surface area contributed by atoms with Gasteiger partial charge in [0.05, 0.1) is 12.5 Å². The molecule has 1 aromatic carbocycles. The van der Waals surface area contributed by atoms with Crippen molar-refractivity contribution in [3.05, 3.63) is 29.8 Å². The minimum Gasteiger partial charge on any atom is -0.493 e. The van der Waals surface area contributed by atoms with E-state index in [1.165, 1.54) is 0 Å². The van der Waals surface area contributed by atoms with Crippen LogP contribution in [0.1, 0.15) is 46.1 Å². The van der Waals surface area contributed by atoms with Crippen molar-refractivity contribution in [2.24, 2.45) is 11.8 Å². The van der Waals surface area contributed by atoms with Crippen molar-refractivity contribution < 1.29 is 19.4 Å². The van der Waals surface area contributed by atoms with E-state index in [4.69, 9.17) is 9.84 Å². The summed E-state index contributed by atoms with van der Waals surface area (Å²) in [4.78, 5) is 25.1. The Labute approximate surface area is 161 Å². The molecule has 150 valence electrons. The molecule has 1 aromatic rings. The number of ether oxygens (including phenoxy) is 1. The zero-order valence-electron chi connectivity index (χ0n) is 16.8. The predicted molar refractivity (Wildman–Crippen MR) is 105 cm³/mol. The molecule has 27 heavy (non-hydrogen) atoms. The van der Waals surface area contributed by atoms with E-state index in [0.29, 0.717) is 45.0 Å².